The van der Waals surface area contributed by atoms with Gasteiger partial charge in [-0.3, -0.25) is 0 Å². The number of nitrogens with zero attached hydrogens (tertiary/aromatic N) is 1. The van der Waals surface area contributed by atoms with Crippen LogP contribution in [0.15, 0.2) is 54.6 Å². The van der Waals surface area contributed by atoms with E-state index in [2.05, 4.69) is 4.98 Å². The van der Waals surface area contributed by atoms with E-state index in [1.807, 2.05) is 12.1 Å². The van der Waals surface area contributed by atoms with Crippen molar-refractivity contribution in [2.75, 3.05) is 0 Å². The molecule has 1 N–H and O–H groups in total. The largest absolute Gasteiger partial charge is 0.477 e. The molecule has 0 bridgehead atoms. The van der Waals surface area contributed by atoms with Gasteiger partial charge in [0.05, 0.1) is 0 Å². The van der Waals surface area contributed by atoms with Crippen LogP contribution in [0.2, 0.25) is 10.0 Å². The van der Waals surface area contributed by atoms with Gasteiger partial charge in [-0.1, -0.05) is 41.4 Å². The van der Waals surface area contributed by atoms with Crippen molar-refractivity contribution < 1.29 is 14.3 Å². The van der Waals surface area contributed by atoms with Crippen LogP contribution < -0.4 is 0 Å². The van der Waals surface area contributed by atoms with Gasteiger partial charge in [0.2, 0.25) is 0 Å². The average molecular weight is 404 g/mol. The lowest BCUT2D eigenvalue weighted by Crippen LogP contribution is -2.05. The smallest absolute Gasteiger partial charge is 0.354 e. The Kier molecular flexibility index (Phi) is 6.09. The maximum Gasteiger partial charge on any atom is 0.354 e. The number of hydrogen-bond acceptors (Lipinski definition) is 2. The van der Waals surface area contributed by atoms with Gasteiger partial charge in [-0.15, -0.1) is 0 Å². The number of carbonyl (C=O) groups is 1. The molecule has 0 aliphatic heterocycles. The lowest BCUT2D eigenvalue weighted by molar-refractivity contribution is 0.0690. The van der Waals surface area contributed by atoms with Gasteiger partial charge in [0.15, 0.2) is 0 Å². The second kappa shape index (κ2) is 8.51. The quantitative estimate of drug-likeness (QED) is 0.582. The van der Waals surface area contributed by atoms with E-state index in [1.54, 1.807) is 30.3 Å². The predicted octanol–water partition coefficient (Wildman–Crippen LogP) is 5.60. The number of halogens is 3. The topological polar surface area (TPSA) is 50.2 Å². The first kappa shape index (κ1) is 19.3. The maximum absolute atomic E-state index is 14.0. The highest BCUT2D eigenvalue weighted by atomic mass is 35.5. The van der Waals surface area contributed by atoms with Gasteiger partial charge in [-0.2, -0.15) is 0 Å². The van der Waals surface area contributed by atoms with Crippen molar-refractivity contribution in [2.45, 2.75) is 19.3 Å². The summed E-state index contributed by atoms with van der Waals surface area (Å²) in [7, 11) is 0. The van der Waals surface area contributed by atoms with Crippen molar-refractivity contribution >= 4 is 29.2 Å². The fourth-order valence-corrected chi connectivity index (χ4v) is 3.24. The molecular formula is C21H16Cl2FNO2. The zero-order valence-electron chi connectivity index (χ0n) is 14.3. The molecule has 0 fully saturated rings. The number of carboxylic acids is 1. The zero-order valence-corrected chi connectivity index (χ0v) is 15.8. The van der Waals surface area contributed by atoms with E-state index in [0.717, 1.165) is 11.1 Å². The highest BCUT2D eigenvalue weighted by Gasteiger charge is 2.10. The highest BCUT2D eigenvalue weighted by molar-refractivity contribution is 6.30. The van der Waals surface area contributed by atoms with E-state index in [0.29, 0.717) is 40.6 Å². The summed E-state index contributed by atoms with van der Waals surface area (Å²) in [6, 6.07) is 15.1. The molecule has 0 saturated heterocycles. The normalized spacial score (nSPS) is 10.8. The van der Waals surface area contributed by atoms with Gasteiger partial charge in [0.1, 0.15) is 11.5 Å². The summed E-state index contributed by atoms with van der Waals surface area (Å²) in [6.07, 6.45) is 1.57. The second-order valence-corrected chi connectivity index (χ2v) is 7.02. The molecule has 0 saturated carbocycles. The standard InChI is InChI=1S/C21H16Cl2FNO2/c22-16-8-6-13(4-5-14-7-9-17(23)12-19(14)24)15(10-16)11-18-2-1-3-20(25-18)21(26)27/h1-3,6-10,12H,4-5,11H2,(H,26,27). The van der Waals surface area contributed by atoms with E-state index in [1.165, 1.54) is 12.1 Å². The van der Waals surface area contributed by atoms with Gasteiger partial charge >= 0.3 is 5.97 Å². The van der Waals surface area contributed by atoms with Gasteiger partial charge in [0, 0.05) is 22.2 Å². The van der Waals surface area contributed by atoms with Crippen molar-refractivity contribution in [3.05, 3.63) is 98.5 Å². The van der Waals surface area contributed by atoms with E-state index in [9.17, 15) is 9.18 Å². The molecule has 3 aromatic rings. The van der Waals surface area contributed by atoms with Crippen LogP contribution in [-0.4, -0.2) is 16.1 Å². The zero-order chi connectivity index (χ0) is 19.4. The van der Waals surface area contributed by atoms with Crippen LogP contribution in [0.25, 0.3) is 0 Å². The minimum Gasteiger partial charge on any atom is -0.477 e. The lowest BCUT2D eigenvalue weighted by Gasteiger charge is -2.11. The molecule has 0 spiro atoms. The molecule has 0 aliphatic carbocycles. The van der Waals surface area contributed by atoms with Crippen LogP contribution in [0.1, 0.15) is 32.9 Å². The van der Waals surface area contributed by atoms with E-state index >= 15 is 0 Å². The molecular weight excluding hydrogens is 388 g/mol. The van der Waals surface area contributed by atoms with Crippen LogP contribution in [0, 0.1) is 5.82 Å². The summed E-state index contributed by atoms with van der Waals surface area (Å²) in [5, 5.41) is 10.1. The molecule has 1 aromatic heterocycles. The Hall–Kier alpha value is -2.43. The van der Waals surface area contributed by atoms with Crippen LogP contribution in [-0.2, 0) is 19.3 Å². The fourth-order valence-electron chi connectivity index (χ4n) is 2.89. The fraction of sp³-hybridized carbons (Fsp3) is 0.143. The number of aromatic nitrogens is 1. The minimum absolute atomic E-state index is 0.000636. The first-order valence-corrected chi connectivity index (χ1v) is 9.08. The Bertz CT molecular complexity index is 992. The molecule has 3 rings (SSSR count). The monoisotopic (exact) mass is 403 g/mol. The van der Waals surface area contributed by atoms with E-state index in [4.69, 9.17) is 28.3 Å². The predicted molar refractivity (Wildman–Crippen MR) is 104 cm³/mol. The molecule has 0 aliphatic rings. The summed E-state index contributed by atoms with van der Waals surface area (Å²) < 4.78 is 14.0. The Morgan fingerprint density at radius 1 is 0.926 bits per heavy atom. The highest BCUT2D eigenvalue weighted by Crippen LogP contribution is 2.22. The Morgan fingerprint density at radius 3 is 2.30 bits per heavy atom. The van der Waals surface area contributed by atoms with E-state index in [-0.39, 0.29) is 11.5 Å². The molecule has 0 radical (unpaired) electrons. The van der Waals surface area contributed by atoms with Gasteiger partial charge in [-0.05, 0) is 65.9 Å². The van der Waals surface area contributed by atoms with Crippen molar-refractivity contribution in [1.82, 2.24) is 4.98 Å². The number of hydrogen-bond donors (Lipinski definition) is 1. The first-order chi connectivity index (χ1) is 12.9. The molecule has 0 amide bonds. The number of carboxylic acid groups (broad SMARTS) is 1. The van der Waals surface area contributed by atoms with Gasteiger partial charge in [-0.25, -0.2) is 14.2 Å². The van der Waals surface area contributed by atoms with E-state index < -0.39 is 5.97 Å². The lowest BCUT2D eigenvalue weighted by atomic mass is 9.96. The number of pyridine rings is 1. The number of benzene rings is 2. The number of aromatic carboxylic acids is 1. The third-order valence-electron chi connectivity index (χ3n) is 4.24. The van der Waals surface area contributed by atoms with Crippen LogP contribution in [0.5, 0.6) is 0 Å². The number of rotatable bonds is 6. The summed E-state index contributed by atoms with van der Waals surface area (Å²) in [5.41, 5.74) is 3.17. The van der Waals surface area contributed by atoms with Crippen LogP contribution >= 0.6 is 23.2 Å². The Balaban J connectivity index is 1.82. The Morgan fingerprint density at radius 2 is 1.59 bits per heavy atom. The SMILES string of the molecule is O=C(O)c1cccc(Cc2cc(Cl)ccc2CCc2ccc(Cl)cc2F)n1. The number of aryl methyl sites for hydroxylation is 2. The molecule has 3 nitrogen and oxygen atoms in total. The van der Waals surface area contributed by atoms with Crippen molar-refractivity contribution in [2.24, 2.45) is 0 Å². The first-order valence-electron chi connectivity index (χ1n) is 8.33. The molecule has 6 heteroatoms. The molecule has 2 aromatic carbocycles. The van der Waals surface area contributed by atoms with Crippen molar-refractivity contribution in [3.8, 4) is 0 Å². The molecule has 0 unspecified atom stereocenters. The third-order valence-corrected chi connectivity index (χ3v) is 4.71. The van der Waals surface area contributed by atoms with Crippen LogP contribution in [0.3, 0.4) is 0 Å². The molecule has 1 heterocycles. The summed E-state index contributed by atoms with van der Waals surface area (Å²) >= 11 is 11.9. The maximum atomic E-state index is 14.0. The average Bonchev–Trinajstić information content (AvgIpc) is 2.62. The molecule has 138 valence electrons. The van der Waals surface area contributed by atoms with Gasteiger partial charge in [0.25, 0.3) is 0 Å². The third kappa shape index (κ3) is 5.06. The van der Waals surface area contributed by atoms with Crippen molar-refractivity contribution in [1.29, 1.82) is 0 Å². The molecule has 27 heavy (non-hydrogen) atoms. The van der Waals surface area contributed by atoms with Crippen LogP contribution in [0.4, 0.5) is 4.39 Å². The summed E-state index contributed by atoms with van der Waals surface area (Å²) in [6.45, 7) is 0. The Labute approximate surface area is 166 Å². The summed E-state index contributed by atoms with van der Waals surface area (Å²) in [4.78, 5) is 15.3. The summed E-state index contributed by atoms with van der Waals surface area (Å²) in [5.74, 6) is -1.39. The van der Waals surface area contributed by atoms with Crippen molar-refractivity contribution in [3.63, 3.8) is 0 Å². The second-order valence-electron chi connectivity index (χ2n) is 6.14. The molecule has 0 atom stereocenters. The minimum atomic E-state index is -1.07. The van der Waals surface area contributed by atoms with Gasteiger partial charge < -0.3 is 5.11 Å².